The molecule has 0 aliphatic carbocycles. The number of carbonyl (C=O) groups is 1. The van der Waals surface area contributed by atoms with E-state index in [9.17, 15) is 14.9 Å². The molecule has 1 aromatic heterocycles. The molecule has 0 aliphatic rings. The second kappa shape index (κ2) is 5.79. The van der Waals surface area contributed by atoms with Crippen LogP contribution in [0.25, 0.3) is 11.3 Å². The van der Waals surface area contributed by atoms with Crippen LogP contribution in [0.5, 0.6) is 0 Å². The number of nitro benzene ring substituents is 1. The van der Waals surface area contributed by atoms with Crippen molar-refractivity contribution >= 4 is 17.9 Å². The highest BCUT2D eigenvalue weighted by Crippen LogP contribution is 2.30. The van der Waals surface area contributed by atoms with Crippen molar-refractivity contribution in [2.75, 3.05) is 0 Å². The van der Waals surface area contributed by atoms with Gasteiger partial charge in [0, 0.05) is 13.0 Å². The summed E-state index contributed by atoms with van der Waals surface area (Å²) in [5, 5.41) is 14.3. The van der Waals surface area contributed by atoms with Gasteiger partial charge in [-0.05, 0) is 18.2 Å². The first kappa shape index (κ1) is 13.5. The summed E-state index contributed by atoms with van der Waals surface area (Å²) in [5.74, 6) is 0.104. The fourth-order valence-corrected chi connectivity index (χ4v) is 1.56. The fourth-order valence-electron chi connectivity index (χ4n) is 1.56. The summed E-state index contributed by atoms with van der Waals surface area (Å²) < 4.78 is 5.40. The van der Waals surface area contributed by atoms with E-state index < -0.39 is 10.9 Å². The third kappa shape index (κ3) is 3.08. The van der Waals surface area contributed by atoms with Crippen molar-refractivity contribution in [3.8, 4) is 11.3 Å². The minimum atomic E-state index is -0.549. The summed E-state index contributed by atoms with van der Waals surface area (Å²) in [6, 6.07) is 9.38. The molecule has 20 heavy (non-hydrogen) atoms. The molecule has 1 heterocycles. The van der Waals surface area contributed by atoms with Crippen molar-refractivity contribution < 1.29 is 19.0 Å². The molecule has 0 atom stereocenters. The van der Waals surface area contributed by atoms with E-state index in [0.717, 1.165) is 0 Å². The van der Waals surface area contributed by atoms with Gasteiger partial charge in [-0.15, -0.1) is 0 Å². The summed E-state index contributed by atoms with van der Waals surface area (Å²) in [7, 11) is 0. The van der Waals surface area contributed by atoms with Crippen LogP contribution in [0.1, 0.15) is 12.7 Å². The van der Waals surface area contributed by atoms with Crippen LogP contribution < -0.4 is 0 Å². The Morgan fingerprint density at radius 1 is 1.35 bits per heavy atom. The van der Waals surface area contributed by atoms with Crippen LogP contribution in [-0.4, -0.2) is 17.1 Å². The Hall–Kier alpha value is -2.96. The molecule has 0 amide bonds. The lowest BCUT2D eigenvalue weighted by molar-refractivity contribution is -0.384. The summed E-state index contributed by atoms with van der Waals surface area (Å²) in [5.41, 5.74) is 0.315. The van der Waals surface area contributed by atoms with Crippen LogP contribution in [0, 0.1) is 10.1 Å². The van der Waals surface area contributed by atoms with Gasteiger partial charge >= 0.3 is 5.97 Å². The molecule has 2 aromatic rings. The lowest BCUT2D eigenvalue weighted by Gasteiger charge is -1.98. The number of oxime groups is 1. The Morgan fingerprint density at radius 2 is 2.10 bits per heavy atom. The first-order valence-electron chi connectivity index (χ1n) is 5.62. The maximum Gasteiger partial charge on any atom is 0.331 e. The maximum atomic E-state index is 10.9. The van der Waals surface area contributed by atoms with Crippen molar-refractivity contribution in [3.05, 3.63) is 52.3 Å². The highest BCUT2D eigenvalue weighted by molar-refractivity contribution is 5.79. The summed E-state index contributed by atoms with van der Waals surface area (Å²) >= 11 is 0. The third-order valence-electron chi connectivity index (χ3n) is 2.35. The minimum absolute atomic E-state index is 0.0506. The van der Waals surface area contributed by atoms with Crippen molar-refractivity contribution in [1.82, 2.24) is 0 Å². The highest BCUT2D eigenvalue weighted by Gasteiger charge is 2.16. The van der Waals surface area contributed by atoms with Gasteiger partial charge in [0.05, 0.1) is 10.5 Å². The third-order valence-corrected chi connectivity index (χ3v) is 2.35. The molecular weight excluding hydrogens is 264 g/mol. The normalized spacial score (nSPS) is 10.7. The zero-order valence-corrected chi connectivity index (χ0v) is 10.5. The average Bonchev–Trinajstić information content (AvgIpc) is 2.87. The van der Waals surface area contributed by atoms with Crippen LogP contribution >= 0.6 is 0 Å². The van der Waals surface area contributed by atoms with E-state index in [1.807, 2.05) is 0 Å². The van der Waals surface area contributed by atoms with Crippen LogP contribution in [-0.2, 0) is 9.63 Å². The average molecular weight is 274 g/mol. The molecule has 0 fully saturated rings. The molecule has 2 rings (SSSR count). The number of benzene rings is 1. The van der Waals surface area contributed by atoms with Gasteiger partial charge in [-0.2, -0.15) is 0 Å². The summed E-state index contributed by atoms with van der Waals surface area (Å²) in [6.45, 7) is 1.22. The van der Waals surface area contributed by atoms with Gasteiger partial charge in [0.25, 0.3) is 5.69 Å². The van der Waals surface area contributed by atoms with E-state index in [0.29, 0.717) is 17.1 Å². The number of furan rings is 1. The summed E-state index contributed by atoms with van der Waals surface area (Å²) in [6.07, 6.45) is 1.21. The van der Waals surface area contributed by atoms with Gasteiger partial charge < -0.3 is 9.25 Å². The van der Waals surface area contributed by atoms with E-state index in [-0.39, 0.29) is 5.69 Å². The van der Waals surface area contributed by atoms with E-state index in [1.54, 1.807) is 30.3 Å². The topological polar surface area (TPSA) is 94.9 Å². The molecule has 0 N–H and O–H groups in total. The summed E-state index contributed by atoms with van der Waals surface area (Å²) in [4.78, 5) is 25.4. The largest absolute Gasteiger partial charge is 0.455 e. The predicted molar refractivity (Wildman–Crippen MR) is 70.2 cm³/mol. The van der Waals surface area contributed by atoms with Crippen LogP contribution in [0.4, 0.5) is 5.69 Å². The highest BCUT2D eigenvalue weighted by atomic mass is 16.7. The van der Waals surface area contributed by atoms with Crippen molar-refractivity contribution in [1.29, 1.82) is 0 Å². The Morgan fingerprint density at radius 3 is 2.80 bits per heavy atom. The van der Waals surface area contributed by atoms with Gasteiger partial charge in [-0.1, -0.05) is 17.3 Å². The van der Waals surface area contributed by atoms with Crippen LogP contribution in [0.2, 0.25) is 0 Å². The number of rotatable bonds is 4. The zero-order valence-electron chi connectivity index (χ0n) is 10.5. The first-order valence-corrected chi connectivity index (χ1v) is 5.62. The zero-order chi connectivity index (χ0) is 14.5. The van der Waals surface area contributed by atoms with Gasteiger partial charge in [-0.25, -0.2) is 4.79 Å². The van der Waals surface area contributed by atoms with Gasteiger partial charge in [-0.3, -0.25) is 10.1 Å². The second-order valence-corrected chi connectivity index (χ2v) is 3.79. The minimum Gasteiger partial charge on any atom is -0.455 e. The Balaban J connectivity index is 2.27. The fraction of sp³-hybridized carbons (Fsp3) is 0.0769. The molecule has 0 spiro atoms. The monoisotopic (exact) mass is 274 g/mol. The quantitative estimate of drug-likeness (QED) is 0.369. The van der Waals surface area contributed by atoms with Gasteiger partial charge in [0.2, 0.25) is 0 Å². The SMILES string of the molecule is CC(=O)O/N=C/c1ccc(-c2ccccc2[N+](=O)[O-])o1. The molecule has 7 nitrogen and oxygen atoms in total. The van der Waals surface area contributed by atoms with Crippen molar-refractivity contribution in [3.63, 3.8) is 0 Å². The molecule has 0 unspecified atom stereocenters. The smallest absolute Gasteiger partial charge is 0.331 e. The molecule has 0 aliphatic heterocycles. The number of carbonyl (C=O) groups excluding carboxylic acids is 1. The number of hydrogen-bond donors (Lipinski definition) is 0. The predicted octanol–water partition coefficient (Wildman–Crippen LogP) is 2.75. The van der Waals surface area contributed by atoms with Crippen molar-refractivity contribution in [2.24, 2.45) is 5.16 Å². The molecule has 102 valence electrons. The lowest BCUT2D eigenvalue weighted by Crippen LogP contribution is -1.91. The standard InChI is InChI=1S/C13H10N2O5/c1-9(16)20-14-8-10-6-7-13(19-10)11-4-2-3-5-12(11)15(17)18/h2-8H,1H3/b14-8+. The van der Waals surface area contributed by atoms with E-state index in [4.69, 9.17) is 4.42 Å². The number of nitro groups is 1. The number of nitrogens with zero attached hydrogens (tertiary/aromatic N) is 2. The molecule has 0 saturated heterocycles. The van der Waals surface area contributed by atoms with Crippen LogP contribution in [0.3, 0.4) is 0 Å². The van der Waals surface area contributed by atoms with Crippen LogP contribution in [0.15, 0.2) is 46.0 Å². The van der Waals surface area contributed by atoms with Gasteiger partial charge in [0.1, 0.15) is 17.7 Å². The Labute approximate surface area is 113 Å². The Kier molecular flexibility index (Phi) is 3.90. The lowest BCUT2D eigenvalue weighted by atomic mass is 10.1. The molecule has 7 heteroatoms. The molecule has 0 saturated carbocycles. The molecule has 1 aromatic carbocycles. The van der Waals surface area contributed by atoms with E-state index >= 15 is 0 Å². The number of para-hydroxylation sites is 1. The Bertz CT molecular complexity index is 675. The molecule has 0 radical (unpaired) electrons. The van der Waals surface area contributed by atoms with E-state index in [2.05, 4.69) is 9.99 Å². The van der Waals surface area contributed by atoms with Gasteiger partial charge in [0.15, 0.2) is 0 Å². The second-order valence-electron chi connectivity index (χ2n) is 3.79. The van der Waals surface area contributed by atoms with E-state index in [1.165, 1.54) is 19.2 Å². The van der Waals surface area contributed by atoms with Crippen molar-refractivity contribution in [2.45, 2.75) is 6.92 Å². The first-order chi connectivity index (χ1) is 9.58. The number of hydrogen-bond acceptors (Lipinski definition) is 6. The molecular formula is C13H10N2O5. The molecule has 0 bridgehead atoms. The maximum absolute atomic E-state index is 10.9.